The Morgan fingerprint density at radius 1 is 1.40 bits per heavy atom. The fraction of sp³-hybridized carbons (Fsp3) is 0.538. The summed E-state index contributed by atoms with van der Waals surface area (Å²) < 4.78 is 0. The largest absolute Gasteiger partial charge is 0.299 e. The monoisotopic (exact) mass is 205 g/mol. The number of ketones is 1. The van der Waals surface area contributed by atoms with E-state index in [4.69, 9.17) is 0 Å². The molecule has 0 unspecified atom stereocenters. The van der Waals surface area contributed by atoms with Gasteiger partial charge in [0.25, 0.3) is 0 Å². The van der Waals surface area contributed by atoms with Crippen LogP contribution in [0, 0.1) is 12.8 Å². The molecule has 0 amide bonds. The third kappa shape index (κ3) is 4.73. The summed E-state index contributed by atoms with van der Waals surface area (Å²) in [7, 11) is 0. The summed E-state index contributed by atoms with van der Waals surface area (Å²) in [4.78, 5) is 15.8. The lowest BCUT2D eigenvalue weighted by Gasteiger charge is -2.03. The van der Waals surface area contributed by atoms with Gasteiger partial charge in [0, 0.05) is 24.7 Å². The molecule has 15 heavy (non-hydrogen) atoms. The minimum atomic E-state index is 0.292. The van der Waals surface area contributed by atoms with Crippen LogP contribution >= 0.6 is 0 Å². The molecule has 0 N–H and O–H groups in total. The number of hydrogen-bond acceptors (Lipinski definition) is 2. The van der Waals surface area contributed by atoms with Crippen LogP contribution in [-0.4, -0.2) is 10.8 Å². The van der Waals surface area contributed by atoms with Gasteiger partial charge in [-0.15, -0.1) is 0 Å². The highest BCUT2D eigenvalue weighted by atomic mass is 16.1. The molecule has 0 spiro atoms. The Bertz CT molecular complexity index is 314. The van der Waals surface area contributed by atoms with Crippen molar-refractivity contribution in [2.24, 2.45) is 5.92 Å². The van der Waals surface area contributed by atoms with E-state index in [0.29, 0.717) is 24.5 Å². The summed E-state index contributed by atoms with van der Waals surface area (Å²) in [5, 5.41) is 0. The molecule has 2 heteroatoms. The molecule has 1 rings (SSSR count). The molecule has 0 aliphatic carbocycles. The normalized spacial score (nSPS) is 10.7. The molecule has 0 aliphatic rings. The summed E-state index contributed by atoms with van der Waals surface area (Å²) in [6, 6.07) is 3.93. The van der Waals surface area contributed by atoms with Gasteiger partial charge in [-0.3, -0.25) is 9.78 Å². The van der Waals surface area contributed by atoms with Crippen LogP contribution in [-0.2, 0) is 11.2 Å². The molecule has 0 saturated heterocycles. The van der Waals surface area contributed by atoms with Crippen molar-refractivity contribution in [1.82, 2.24) is 4.98 Å². The maximum Gasteiger partial charge on any atom is 0.138 e. The zero-order valence-electron chi connectivity index (χ0n) is 9.79. The molecular weight excluding hydrogens is 186 g/mol. The third-order valence-corrected chi connectivity index (χ3v) is 2.35. The van der Waals surface area contributed by atoms with Crippen molar-refractivity contribution in [2.45, 2.75) is 40.0 Å². The first-order chi connectivity index (χ1) is 7.08. The average molecular weight is 205 g/mol. The molecule has 0 radical (unpaired) electrons. The van der Waals surface area contributed by atoms with E-state index in [1.165, 1.54) is 0 Å². The maximum absolute atomic E-state index is 11.6. The number of carbonyl (C=O) groups is 1. The number of rotatable bonds is 5. The van der Waals surface area contributed by atoms with Crippen LogP contribution in [0.5, 0.6) is 0 Å². The van der Waals surface area contributed by atoms with E-state index in [1.807, 2.05) is 25.3 Å². The van der Waals surface area contributed by atoms with Crippen LogP contribution in [0.3, 0.4) is 0 Å². The van der Waals surface area contributed by atoms with Gasteiger partial charge in [-0.05, 0) is 30.9 Å². The van der Waals surface area contributed by atoms with Crippen LogP contribution < -0.4 is 0 Å². The number of Topliss-reactive ketones (excluding diaryl/α,β-unsaturated/α-hetero) is 1. The van der Waals surface area contributed by atoms with E-state index in [0.717, 1.165) is 17.7 Å². The summed E-state index contributed by atoms with van der Waals surface area (Å²) in [5.41, 5.74) is 2.02. The molecule has 2 nitrogen and oxygen atoms in total. The minimum absolute atomic E-state index is 0.292. The summed E-state index contributed by atoms with van der Waals surface area (Å²) in [6.45, 7) is 6.27. The van der Waals surface area contributed by atoms with Gasteiger partial charge in [-0.1, -0.05) is 19.9 Å². The minimum Gasteiger partial charge on any atom is -0.299 e. The van der Waals surface area contributed by atoms with Crippen LogP contribution in [0.15, 0.2) is 18.3 Å². The van der Waals surface area contributed by atoms with Gasteiger partial charge in [0.1, 0.15) is 5.78 Å². The molecule has 0 fully saturated rings. The summed E-state index contributed by atoms with van der Waals surface area (Å²) >= 11 is 0. The fourth-order valence-corrected chi connectivity index (χ4v) is 1.34. The highest BCUT2D eigenvalue weighted by molar-refractivity contribution is 5.80. The molecular formula is C13H19NO. The zero-order chi connectivity index (χ0) is 11.3. The van der Waals surface area contributed by atoms with Gasteiger partial charge >= 0.3 is 0 Å². The van der Waals surface area contributed by atoms with Crippen LogP contribution in [0.2, 0.25) is 0 Å². The number of aromatic nitrogens is 1. The highest BCUT2D eigenvalue weighted by Gasteiger charge is 2.05. The lowest BCUT2D eigenvalue weighted by molar-refractivity contribution is -0.118. The smallest absolute Gasteiger partial charge is 0.138 e. The molecule has 1 heterocycles. The number of pyridine rings is 1. The molecule has 0 saturated carbocycles. The topological polar surface area (TPSA) is 30.0 Å². The molecule has 82 valence electrons. The van der Waals surface area contributed by atoms with E-state index in [9.17, 15) is 4.79 Å². The first-order valence-corrected chi connectivity index (χ1v) is 5.51. The third-order valence-electron chi connectivity index (χ3n) is 2.35. The lowest BCUT2D eigenvalue weighted by atomic mass is 10.0. The first kappa shape index (κ1) is 11.9. The number of nitrogens with zero attached hydrogens (tertiary/aromatic N) is 1. The van der Waals surface area contributed by atoms with Gasteiger partial charge in [0.2, 0.25) is 0 Å². The Labute approximate surface area is 91.7 Å². The number of hydrogen-bond donors (Lipinski definition) is 0. The zero-order valence-corrected chi connectivity index (χ0v) is 9.79. The second-order valence-electron chi connectivity index (χ2n) is 4.47. The summed E-state index contributed by atoms with van der Waals surface area (Å²) in [6.07, 6.45) is 3.94. The Morgan fingerprint density at radius 3 is 2.67 bits per heavy atom. The van der Waals surface area contributed by atoms with E-state index in [-0.39, 0.29) is 0 Å². The lowest BCUT2D eigenvalue weighted by Crippen LogP contribution is -2.05. The Balaban J connectivity index is 2.41. The van der Waals surface area contributed by atoms with Crippen molar-refractivity contribution in [2.75, 3.05) is 0 Å². The summed E-state index contributed by atoms with van der Waals surface area (Å²) in [5.74, 6) is 0.889. The second-order valence-corrected chi connectivity index (χ2v) is 4.47. The van der Waals surface area contributed by atoms with Gasteiger partial charge < -0.3 is 0 Å². The van der Waals surface area contributed by atoms with Gasteiger partial charge in [-0.25, -0.2) is 0 Å². The Kier molecular flexibility index (Phi) is 4.47. The van der Waals surface area contributed by atoms with Crippen molar-refractivity contribution >= 4 is 5.78 Å². The van der Waals surface area contributed by atoms with E-state index < -0.39 is 0 Å². The molecule has 0 bridgehead atoms. The first-order valence-electron chi connectivity index (χ1n) is 5.51. The Hall–Kier alpha value is -1.18. The van der Waals surface area contributed by atoms with Crippen LogP contribution in [0.1, 0.15) is 37.9 Å². The quantitative estimate of drug-likeness (QED) is 0.739. The van der Waals surface area contributed by atoms with Crippen molar-refractivity contribution in [3.63, 3.8) is 0 Å². The Morgan fingerprint density at radius 2 is 2.13 bits per heavy atom. The fourth-order valence-electron chi connectivity index (χ4n) is 1.34. The predicted molar refractivity (Wildman–Crippen MR) is 61.8 cm³/mol. The number of carbonyl (C=O) groups excluding carboxylic acids is 1. The van der Waals surface area contributed by atoms with Crippen molar-refractivity contribution < 1.29 is 4.79 Å². The van der Waals surface area contributed by atoms with Gasteiger partial charge in [0.05, 0.1) is 0 Å². The standard InChI is InChI=1S/C13H19NO/c1-10(2)4-7-13(15)8-12-6-5-11(3)9-14-12/h5-6,9-10H,4,7-8H2,1-3H3. The molecule has 1 aromatic rings. The average Bonchev–Trinajstić information content (AvgIpc) is 2.19. The van der Waals surface area contributed by atoms with Gasteiger partial charge in [-0.2, -0.15) is 0 Å². The van der Waals surface area contributed by atoms with Crippen molar-refractivity contribution in [3.05, 3.63) is 29.6 Å². The van der Waals surface area contributed by atoms with Crippen LogP contribution in [0.25, 0.3) is 0 Å². The molecule has 0 aliphatic heterocycles. The predicted octanol–water partition coefficient (Wildman–Crippen LogP) is 2.94. The van der Waals surface area contributed by atoms with E-state index >= 15 is 0 Å². The van der Waals surface area contributed by atoms with Crippen LogP contribution in [0.4, 0.5) is 0 Å². The van der Waals surface area contributed by atoms with E-state index in [1.54, 1.807) is 0 Å². The molecule has 0 aromatic carbocycles. The second kappa shape index (κ2) is 5.64. The van der Waals surface area contributed by atoms with Crippen molar-refractivity contribution in [1.29, 1.82) is 0 Å². The molecule has 1 aromatic heterocycles. The number of aryl methyl sites for hydroxylation is 1. The van der Waals surface area contributed by atoms with Gasteiger partial charge in [0.15, 0.2) is 0 Å². The molecule has 0 atom stereocenters. The van der Waals surface area contributed by atoms with Crippen molar-refractivity contribution in [3.8, 4) is 0 Å². The van der Waals surface area contributed by atoms with E-state index in [2.05, 4.69) is 18.8 Å². The SMILES string of the molecule is Cc1ccc(CC(=O)CCC(C)C)nc1. The maximum atomic E-state index is 11.6. The highest BCUT2D eigenvalue weighted by Crippen LogP contribution is 2.07.